The summed E-state index contributed by atoms with van der Waals surface area (Å²) in [5.74, 6) is -1.00. The van der Waals surface area contributed by atoms with Gasteiger partial charge in [0, 0.05) is 46.4 Å². The lowest BCUT2D eigenvalue weighted by Crippen LogP contribution is -2.52. The lowest BCUT2D eigenvalue weighted by atomic mass is 9.79. The topological polar surface area (TPSA) is 83.5 Å². The Morgan fingerprint density at radius 2 is 1.90 bits per heavy atom. The maximum atomic E-state index is 12.0. The summed E-state index contributed by atoms with van der Waals surface area (Å²) in [7, 11) is -1.19. The Morgan fingerprint density at radius 3 is 2.58 bits per heavy atom. The monoisotopic (exact) mass is 456 g/mol. The first kappa shape index (κ1) is 24.9. The zero-order valence-electron chi connectivity index (χ0n) is 19.6. The zero-order valence-corrected chi connectivity index (χ0v) is 20.6. The Bertz CT molecular complexity index is 626. The fraction of sp³-hybridized carbons (Fsp3) is 0.870. The Hall–Kier alpha value is -0.773. The molecule has 31 heavy (non-hydrogen) atoms. The van der Waals surface area contributed by atoms with Crippen molar-refractivity contribution >= 4 is 14.0 Å². The largest absolute Gasteiger partial charge is 0.463 e. The van der Waals surface area contributed by atoms with Crippen LogP contribution >= 0.6 is 0 Å². The number of aliphatic hydroxyl groups excluding tert-OH is 1. The van der Waals surface area contributed by atoms with E-state index in [9.17, 15) is 9.90 Å². The maximum absolute atomic E-state index is 12.0. The maximum Gasteiger partial charge on any atom is 0.330 e. The van der Waals surface area contributed by atoms with E-state index >= 15 is 0 Å². The molecule has 0 aromatic heterocycles. The normalized spacial score (nSPS) is 33.0. The number of esters is 1. The average molecular weight is 457 g/mol. The van der Waals surface area contributed by atoms with Crippen molar-refractivity contribution in [3.8, 4) is 0 Å². The molecule has 3 rings (SSSR count). The van der Waals surface area contributed by atoms with Gasteiger partial charge in [0.25, 0.3) is 0 Å². The third-order valence-corrected chi connectivity index (χ3v) is 8.12. The standard InChI is InChI=1S/C23H40O7Si/c1-5-27-20(25)9-12-22(28-17-26-13-14-31(2,3)4)15-18(24)21-19(16-22)29-23(30-21)10-7-6-8-11-23/h9,12,18-19,21,24H,5-8,10-11,13-17H2,1-4H3/b12-9+/t18-,19-,21+,22-/m1/s1. The highest BCUT2D eigenvalue weighted by Crippen LogP contribution is 2.47. The van der Waals surface area contributed by atoms with Crippen molar-refractivity contribution in [3.05, 3.63) is 12.2 Å². The van der Waals surface area contributed by atoms with Gasteiger partial charge in [-0.05, 0) is 31.9 Å². The molecular formula is C23H40O7Si. The summed E-state index contributed by atoms with van der Waals surface area (Å²) in [6.07, 6.45) is 7.60. The fourth-order valence-electron chi connectivity index (χ4n) is 4.71. The Morgan fingerprint density at radius 1 is 1.16 bits per heavy atom. The summed E-state index contributed by atoms with van der Waals surface area (Å²) >= 11 is 0. The van der Waals surface area contributed by atoms with E-state index in [1.165, 1.54) is 12.5 Å². The number of ether oxygens (including phenoxy) is 5. The molecule has 2 aliphatic carbocycles. The van der Waals surface area contributed by atoms with Crippen molar-refractivity contribution < 1.29 is 33.6 Å². The molecule has 1 spiro atoms. The molecule has 3 fully saturated rings. The van der Waals surface area contributed by atoms with Crippen LogP contribution < -0.4 is 0 Å². The van der Waals surface area contributed by atoms with Gasteiger partial charge in [0.2, 0.25) is 0 Å². The number of fused-ring (bicyclic) bond motifs is 1. The van der Waals surface area contributed by atoms with Gasteiger partial charge in [0.1, 0.15) is 12.9 Å². The van der Waals surface area contributed by atoms with E-state index in [4.69, 9.17) is 23.7 Å². The minimum atomic E-state index is -1.19. The van der Waals surface area contributed by atoms with Crippen molar-refractivity contribution in [2.24, 2.45) is 0 Å². The van der Waals surface area contributed by atoms with Crippen LogP contribution in [0.2, 0.25) is 25.7 Å². The van der Waals surface area contributed by atoms with E-state index in [2.05, 4.69) is 19.6 Å². The van der Waals surface area contributed by atoms with Crippen LogP contribution in [0.4, 0.5) is 0 Å². The van der Waals surface area contributed by atoms with Gasteiger partial charge in [-0.3, -0.25) is 0 Å². The molecule has 0 amide bonds. The van der Waals surface area contributed by atoms with Crippen LogP contribution in [-0.2, 0) is 28.5 Å². The van der Waals surface area contributed by atoms with Gasteiger partial charge in [0.05, 0.1) is 24.4 Å². The van der Waals surface area contributed by atoms with Crippen molar-refractivity contribution in [3.63, 3.8) is 0 Å². The van der Waals surface area contributed by atoms with Gasteiger partial charge in [-0.1, -0.05) is 26.1 Å². The Balaban J connectivity index is 1.68. The molecule has 0 aromatic rings. The summed E-state index contributed by atoms with van der Waals surface area (Å²) in [6.45, 7) is 9.74. The minimum absolute atomic E-state index is 0.105. The molecule has 3 aliphatic rings. The third-order valence-electron chi connectivity index (χ3n) is 6.42. The van der Waals surface area contributed by atoms with Gasteiger partial charge in [-0.25, -0.2) is 4.79 Å². The van der Waals surface area contributed by atoms with Gasteiger partial charge in [-0.2, -0.15) is 0 Å². The first-order valence-corrected chi connectivity index (χ1v) is 15.5. The molecule has 0 aromatic carbocycles. The van der Waals surface area contributed by atoms with Gasteiger partial charge in [-0.15, -0.1) is 0 Å². The van der Waals surface area contributed by atoms with Crippen LogP contribution in [0.5, 0.6) is 0 Å². The predicted octanol–water partition coefficient (Wildman–Crippen LogP) is 3.77. The van der Waals surface area contributed by atoms with E-state index in [1.54, 1.807) is 13.0 Å². The van der Waals surface area contributed by atoms with Crippen LogP contribution in [0.1, 0.15) is 51.9 Å². The van der Waals surface area contributed by atoms with Gasteiger partial charge >= 0.3 is 5.97 Å². The molecule has 0 unspecified atom stereocenters. The van der Waals surface area contributed by atoms with Gasteiger partial charge < -0.3 is 28.8 Å². The Kier molecular flexibility index (Phi) is 8.37. The smallest absolute Gasteiger partial charge is 0.330 e. The molecule has 8 heteroatoms. The van der Waals surface area contributed by atoms with Crippen LogP contribution in [0.15, 0.2) is 12.2 Å². The minimum Gasteiger partial charge on any atom is -0.463 e. The summed E-state index contributed by atoms with van der Waals surface area (Å²) in [6, 6.07) is 1.05. The lowest BCUT2D eigenvalue weighted by Gasteiger charge is -2.41. The highest BCUT2D eigenvalue weighted by molar-refractivity contribution is 6.76. The van der Waals surface area contributed by atoms with E-state index in [1.807, 2.05) is 0 Å². The SMILES string of the molecule is CCOC(=O)/C=C/[C@@]1(OCOCC[Si](C)(C)C)C[C@@H](O)[C@@H]2OC3(CCCCC3)O[C@@H]2C1. The highest BCUT2D eigenvalue weighted by atomic mass is 28.3. The molecule has 0 radical (unpaired) electrons. The number of hydrogen-bond acceptors (Lipinski definition) is 7. The molecule has 7 nitrogen and oxygen atoms in total. The fourth-order valence-corrected chi connectivity index (χ4v) is 5.46. The van der Waals surface area contributed by atoms with Crippen LogP contribution in [0, 0.1) is 0 Å². The van der Waals surface area contributed by atoms with E-state index in [0.717, 1.165) is 31.7 Å². The first-order chi connectivity index (χ1) is 14.7. The van der Waals surface area contributed by atoms with Crippen molar-refractivity contribution in [2.45, 2.75) is 107 Å². The molecule has 2 saturated carbocycles. The molecule has 178 valence electrons. The second-order valence-electron chi connectivity index (χ2n) is 10.3. The van der Waals surface area contributed by atoms with E-state index in [0.29, 0.717) is 26.1 Å². The second-order valence-corrected chi connectivity index (χ2v) is 15.9. The number of hydrogen-bond donors (Lipinski definition) is 1. The molecule has 4 atom stereocenters. The average Bonchev–Trinajstić information content (AvgIpc) is 3.04. The molecular weight excluding hydrogens is 416 g/mol. The first-order valence-electron chi connectivity index (χ1n) is 11.8. The quantitative estimate of drug-likeness (QED) is 0.186. The van der Waals surface area contributed by atoms with Crippen molar-refractivity contribution in [1.82, 2.24) is 0 Å². The third kappa shape index (κ3) is 6.85. The predicted molar refractivity (Wildman–Crippen MR) is 119 cm³/mol. The zero-order chi connectivity index (χ0) is 22.5. The molecule has 1 N–H and O–H groups in total. The second kappa shape index (κ2) is 10.4. The van der Waals surface area contributed by atoms with Crippen molar-refractivity contribution in [1.29, 1.82) is 0 Å². The number of rotatable bonds is 9. The molecule has 1 aliphatic heterocycles. The Labute approximate surface area is 187 Å². The van der Waals surface area contributed by atoms with Crippen LogP contribution in [-0.4, -0.2) is 68.9 Å². The summed E-state index contributed by atoms with van der Waals surface area (Å²) in [5.41, 5.74) is -0.865. The summed E-state index contributed by atoms with van der Waals surface area (Å²) in [5, 5.41) is 10.9. The number of aliphatic hydroxyl groups is 1. The van der Waals surface area contributed by atoms with Crippen LogP contribution in [0.25, 0.3) is 0 Å². The highest BCUT2D eigenvalue weighted by Gasteiger charge is 2.56. The van der Waals surface area contributed by atoms with Gasteiger partial charge in [0.15, 0.2) is 5.79 Å². The van der Waals surface area contributed by atoms with E-state index < -0.39 is 31.5 Å². The summed E-state index contributed by atoms with van der Waals surface area (Å²) in [4.78, 5) is 12.0. The molecule has 1 saturated heterocycles. The summed E-state index contributed by atoms with van der Waals surface area (Å²) < 4.78 is 29.6. The molecule has 1 heterocycles. The number of carbonyl (C=O) groups excluding carboxylic acids is 1. The van der Waals surface area contributed by atoms with Crippen molar-refractivity contribution in [2.75, 3.05) is 20.0 Å². The molecule has 0 bridgehead atoms. The number of carbonyl (C=O) groups is 1. The van der Waals surface area contributed by atoms with Crippen LogP contribution in [0.3, 0.4) is 0 Å². The lowest BCUT2D eigenvalue weighted by molar-refractivity contribution is -0.198. The van der Waals surface area contributed by atoms with E-state index in [-0.39, 0.29) is 19.0 Å².